The number of Topliss-reactive ketones (excluding diaryl/α,β-unsaturated/α-hetero) is 1. The molecule has 4 rings (SSSR count). The molecule has 0 unspecified atom stereocenters. The van der Waals surface area contributed by atoms with Crippen LogP contribution in [0.15, 0.2) is 11.6 Å². The molecule has 3 aliphatic rings. The Morgan fingerprint density at radius 3 is 2.61 bits per heavy atom. The quantitative estimate of drug-likeness (QED) is 0.705. The first kappa shape index (κ1) is 14.9. The van der Waals surface area contributed by atoms with E-state index in [0.717, 1.165) is 0 Å². The van der Waals surface area contributed by atoms with Gasteiger partial charge >= 0.3 is 6.18 Å². The zero-order valence-electron chi connectivity index (χ0n) is 12.1. The number of carbonyl (C=O) groups is 1. The van der Waals surface area contributed by atoms with Gasteiger partial charge in [-0.2, -0.15) is 13.2 Å². The van der Waals surface area contributed by atoms with E-state index in [0.29, 0.717) is 36.8 Å². The summed E-state index contributed by atoms with van der Waals surface area (Å²) in [6.07, 6.45) is -2.78. The highest BCUT2D eigenvalue weighted by molar-refractivity contribution is 6.34. The van der Waals surface area contributed by atoms with Gasteiger partial charge in [-0.3, -0.25) is 4.79 Å². The largest absolute Gasteiger partial charge is 0.420 e. The first-order valence-corrected chi connectivity index (χ1v) is 7.76. The summed E-state index contributed by atoms with van der Waals surface area (Å²) in [6, 6.07) is 1.43. The molecule has 4 N–H and O–H groups in total. The number of nitrogen functional groups attached to an aromatic ring is 2. The summed E-state index contributed by atoms with van der Waals surface area (Å²) in [5, 5.41) is 0.125. The van der Waals surface area contributed by atoms with E-state index in [4.69, 9.17) is 23.1 Å². The Morgan fingerprint density at radius 2 is 1.96 bits per heavy atom. The molecule has 1 aromatic carbocycles. The van der Waals surface area contributed by atoms with Gasteiger partial charge in [-0.05, 0) is 48.4 Å². The average Bonchev–Trinajstić information content (AvgIpc) is 2.98. The molecule has 1 fully saturated rings. The van der Waals surface area contributed by atoms with Crippen LogP contribution in [0.5, 0.6) is 0 Å². The molecule has 0 saturated heterocycles. The highest BCUT2D eigenvalue weighted by Gasteiger charge is 2.59. The van der Waals surface area contributed by atoms with Gasteiger partial charge in [-0.25, -0.2) is 0 Å². The highest BCUT2D eigenvalue weighted by Crippen LogP contribution is 2.65. The van der Waals surface area contributed by atoms with Crippen LogP contribution in [0.3, 0.4) is 0 Å². The molecule has 3 nitrogen and oxygen atoms in total. The van der Waals surface area contributed by atoms with Crippen molar-refractivity contribution in [1.29, 1.82) is 0 Å². The maximum absolute atomic E-state index is 13.6. The first-order chi connectivity index (χ1) is 10.7. The summed E-state index contributed by atoms with van der Waals surface area (Å²) in [5.74, 6) is -1.33. The van der Waals surface area contributed by atoms with Gasteiger partial charge in [0.15, 0.2) is 5.78 Å². The van der Waals surface area contributed by atoms with Gasteiger partial charge in [0, 0.05) is 11.3 Å². The number of hydrogen-bond donors (Lipinski definition) is 2. The van der Waals surface area contributed by atoms with Crippen LogP contribution < -0.4 is 11.5 Å². The Kier molecular flexibility index (Phi) is 2.74. The maximum atomic E-state index is 13.6. The average molecular weight is 343 g/mol. The molecule has 3 aliphatic carbocycles. The standard InChI is InChI=1S/C16H14ClF3N2O/c17-9-3-7-8(12(21)13(9)22)5-15-2-1-6(4-15)14(23)11(10(7)15)16(18,19)20/h3,6H,1-2,4-5,21-22H2/t6-,15+/m0/s1. The SMILES string of the molecule is Nc1c(Cl)cc2c(c1N)C[C@@]13CC[C@@H](C1)C(=O)C(C(F)(F)F)=C23. The van der Waals surface area contributed by atoms with E-state index >= 15 is 0 Å². The van der Waals surface area contributed by atoms with Crippen molar-refractivity contribution in [2.75, 3.05) is 11.5 Å². The van der Waals surface area contributed by atoms with E-state index in [-0.39, 0.29) is 22.0 Å². The third-order valence-electron chi connectivity index (χ3n) is 5.54. The van der Waals surface area contributed by atoms with Gasteiger partial charge in [0.05, 0.1) is 16.4 Å². The zero-order chi connectivity index (χ0) is 16.7. The smallest absolute Gasteiger partial charge is 0.397 e. The Bertz CT molecular complexity index is 799. The molecule has 1 aromatic rings. The highest BCUT2D eigenvalue weighted by atomic mass is 35.5. The minimum atomic E-state index is -4.68. The summed E-state index contributed by atoms with van der Waals surface area (Å²) in [5.41, 5.74) is 11.6. The van der Waals surface area contributed by atoms with Crippen LogP contribution in [0, 0.1) is 11.3 Å². The predicted molar refractivity (Wildman–Crippen MR) is 81.7 cm³/mol. The summed E-state index contributed by atoms with van der Waals surface area (Å²) < 4.78 is 40.8. The van der Waals surface area contributed by atoms with Crippen molar-refractivity contribution in [2.45, 2.75) is 31.9 Å². The van der Waals surface area contributed by atoms with Crippen LogP contribution >= 0.6 is 11.6 Å². The second-order valence-corrected chi connectivity index (χ2v) is 7.13. The Hall–Kier alpha value is -1.69. The Morgan fingerprint density at radius 1 is 1.26 bits per heavy atom. The molecule has 0 radical (unpaired) electrons. The Labute approximate surface area is 135 Å². The van der Waals surface area contributed by atoms with E-state index in [2.05, 4.69) is 0 Å². The number of benzene rings is 1. The minimum absolute atomic E-state index is 0.0901. The van der Waals surface area contributed by atoms with Gasteiger partial charge in [-0.1, -0.05) is 11.6 Å². The number of alkyl halides is 3. The molecule has 0 amide bonds. The van der Waals surface area contributed by atoms with Gasteiger partial charge in [0.25, 0.3) is 0 Å². The van der Waals surface area contributed by atoms with Crippen molar-refractivity contribution < 1.29 is 18.0 Å². The predicted octanol–water partition coefficient (Wildman–Crippen LogP) is 3.75. The number of carbonyl (C=O) groups excluding carboxylic acids is 1. The van der Waals surface area contributed by atoms with Crippen LogP contribution in [0.25, 0.3) is 5.57 Å². The van der Waals surface area contributed by atoms with Crippen molar-refractivity contribution in [3.05, 3.63) is 27.8 Å². The van der Waals surface area contributed by atoms with Crippen molar-refractivity contribution >= 4 is 34.3 Å². The van der Waals surface area contributed by atoms with Crippen LogP contribution in [0.2, 0.25) is 5.02 Å². The molecular formula is C16H14ClF3N2O. The summed E-state index contributed by atoms with van der Waals surface area (Å²) >= 11 is 6.03. The number of rotatable bonds is 0. The third kappa shape index (κ3) is 1.75. The third-order valence-corrected chi connectivity index (χ3v) is 5.86. The van der Waals surface area contributed by atoms with Crippen molar-refractivity contribution in [3.63, 3.8) is 0 Å². The molecule has 7 heteroatoms. The lowest BCUT2D eigenvalue weighted by Gasteiger charge is -2.33. The van der Waals surface area contributed by atoms with E-state index in [9.17, 15) is 18.0 Å². The number of fused-ring (bicyclic) bond motifs is 3. The van der Waals surface area contributed by atoms with Gasteiger partial charge < -0.3 is 11.5 Å². The van der Waals surface area contributed by atoms with E-state index < -0.39 is 28.9 Å². The lowest BCUT2D eigenvalue weighted by molar-refractivity contribution is -0.132. The summed E-state index contributed by atoms with van der Waals surface area (Å²) in [4.78, 5) is 12.3. The molecule has 2 bridgehead atoms. The topological polar surface area (TPSA) is 69.1 Å². The van der Waals surface area contributed by atoms with Gasteiger partial charge in [0.1, 0.15) is 5.57 Å². The lowest BCUT2D eigenvalue weighted by atomic mass is 9.71. The van der Waals surface area contributed by atoms with Gasteiger partial charge in [-0.15, -0.1) is 0 Å². The molecular weight excluding hydrogens is 329 g/mol. The van der Waals surface area contributed by atoms with Crippen molar-refractivity contribution in [2.24, 2.45) is 11.3 Å². The normalized spacial score (nSPS) is 29.0. The van der Waals surface area contributed by atoms with E-state index in [1.165, 1.54) is 6.07 Å². The zero-order valence-corrected chi connectivity index (χ0v) is 12.8. The van der Waals surface area contributed by atoms with Crippen LogP contribution in [-0.2, 0) is 11.2 Å². The van der Waals surface area contributed by atoms with Crippen molar-refractivity contribution in [3.8, 4) is 0 Å². The monoisotopic (exact) mass is 342 g/mol. The fourth-order valence-electron chi connectivity index (χ4n) is 4.60. The molecule has 2 atom stereocenters. The fourth-order valence-corrected chi connectivity index (χ4v) is 4.81. The Balaban J connectivity index is 2.09. The van der Waals surface area contributed by atoms with E-state index in [1.54, 1.807) is 0 Å². The maximum Gasteiger partial charge on any atom is 0.420 e. The van der Waals surface area contributed by atoms with Gasteiger partial charge in [0.2, 0.25) is 0 Å². The lowest BCUT2D eigenvalue weighted by Crippen LogP contribution is -2.34. The minimum Gasteiger partial charge on any atom is -0.397 e. The molecule has 1 saturated carbocycles. The molecule has 0 aromatic heterocycles. The van der Waals surface area contributed by atoms with Crippen LogP contribution in [-0.4, -0.2) is 12.0 Å². The summed E-state index contributed by atoms with van der Waals surface area (Å²) in [7, 11) is 0. The second kappa shape index (κ2) is 4.23. The molecule has 0 aliphatic heterocycles. The first-order valence-electron chi connectivity index (χ1n) is 7.38. The number of halogens is 4. The van der Waals surface area contributed by atoms with Crippen molar-refractivity contribution in [1.82, 2.24) is 0 Å². The number of hydrogen-bond acceptors (Lipinski definition) is 3. The number of anilines is 2. The van der Waals surface area contributed by atoms with Crippen LogP contribution in [0.1, 0.15) is 30.4 Å². The second-order valence-electron chi connectivity index (χ2n) is 6.72. The molecule has 23 heavy (non-hydrogen) atoms. The number of nitrogens with two attached hydrogens (primary N) is 2. The molecule has 0 heterocycles. The number of allylic oxidation sites excluding steroid dienone is 2. The van der Waals surface area contributed by atoms with Crippen LogP contribution in [0.4, 0.5) is 24.5 Å². The number of ketones is 1. The van der Waals surface area contributed by atoms with E-state index in [1.807, 2.05) is 0 Å². The summed E-state index contributed by atoms with van der Waals surface area (Å²) in [6.45, 7) is 0. The fraction of sp³-hybridized carbons (Fsp3) is 0.438. The molecule has 1 spiro atoms. The molecule has 122 valence electrons.